The molecule has 2 rings (SSSR count). The summed E-state index contributed by atoms with van der Waals surface area (Å²) in [6.45, 7) is 4.03. The van der Waals surface area contributed by atoms with E-state index in [0.717, 1.165) is 45.1 Å². The number of rotatable bonds is 5. The zero-order valence-electron chi connectivity index (χ0n) is 10.9. The maximum absolute atomic E-state index is 9.58. The SMILES string of the molecule is OCC1(CNCC2CCCCC2)CCOCC1. The molecule has 1 saturated carbocycles. The molecular formula is C14H27NO2. The molecule has 1 saturated heterocycles. The molecule has 2 N–H and O–H groups in total. The standard InChI is InChI=1S/C14H27NO2/c16-12-14(6-8-17-9-7-14)11-15-10-13-4-2-1-3-5-13/h13,15-16H,1-12H2. The van der Waals surface area contributed by atoms with Crippen LogP contribution in [-0.2, 0) is 4.74 Å². The minimum Gasteiger partial charge on any atom is -0.396 e. The normalized spacial score (nSPS) is 25.9. The van der Waals surface area contributed by atoms with Gasteiger partial charge in [0.1, 0.15) is 0 Å². The Morgan fingerprint density at radius 1 is 1.12 bits per heavy atom. The van der Waals surface area contributed by atoms with E-state index >= 15 is 0 Å². The van der Waals surface area contributed by atoms with E-state index in [-0.39, 0.29) is 5.41 Å². The molecule has 0 aromatic carbocycles. The van der Waals surface area contributed by atoms with Gasteiger partial charge in [-0.25, -0.2) is 0 Å². The van der Waals surface area contributed by atoms with Gasteiger partial charge in [0, 0.05) is 25.2 Å². The molecule has 0 spiro atoms. The summed E-state index contributed by atoms with van der Waals surface area (Å²) in [6, 6.07) is 0. The summed E-state index contributed by atoms with van der Waals surface area (Å²) in [4.78, 5) is 0. The molecule has 17 heavy (non-hydrogen) atoms. The predicted molar refractivity (Wildman–Crippen MR) is 69.0 cm³/mol. The van der Waals surface area contributed by atoms with Gasteiger partial charge < -0.3 is 15.2 Å². The minimum absolute atomic E-state index is 0.0902. The minimum atomic E-state index is 0.0902. The second kappa shape index (κ2) is 6.72. The number of nitrogens with one attached hydrogen (secondary N) is 1. The molecule has 0 amide bonds. The van der Waals surface area contributed by atoms with E-state index in [2.05, 4.69) is 5.32 Å². The first-order valence-electron chi connectivity index (χ1n) is 7.24. The summed E-state index contributed by atoms with van der Waals surface area (Å²) in [5.41, 5.74) is 0.0902. The first kappa shape index (κ1) is 13.3. The van der Waals surface area contributed by atoms with Gasteiger partial charge in [-0.3, -0.25) is 0 Å². The fourth-order valence-electron chi connectivity index (χ4n) is 3.13. The molecule has 1 aliphatic heterocycles. The summed E-state index contributed by atoms with van der Waals surface area (Å²) in [5.74, 6) is 0.874. The highest BCUT2D eigenvalue weighted by molar-refractivity contribution is 4.84. The summed E-state index contributed by atoms with van der Waals surface area (Å²) in [6.07, 6.45) is 9.03. The lowest BCUT2D eigenvalue weighted by molar-refractivity contribution is -0.0157. The molecule has 0 aromatic rings. The maximum Gasteiger partial charge on any atom is 0.0501 e. The van der Waals surface area contributed by atoms with Crippen LogP contribution in [0.25, 0.3) is 0 Å². The van der Waals surface area contributed by atoms with Crippen LogP contribution in [0, 0.1) is 11.3 Å². The Balaban J connectivity index is 1.68. The molecule has 3 nitrogen and oxygen atoms in total. The van der Waals surface area contributed by atoms with E-state index in [1.807, 2.05) is 0 Å². The molecule has 100 valence electrons. The fourth-order valence-corrected chi connectivity index (χ4v) is 3.13. The lowest BCUT2D eigenvalue weighted by Crippen LogP contribution is -2.43. The van der Waals surface area contributed by atoms with E-state index < -0.39 is 0 Å². The fraction of sp³-hybridized carbons (Fsp3) is 1.00. The first-order valence-corrected chi connectivity index (χ1v) is 7.24. The van der Waals surface area contributed by atoms with E-state index in [1.54, 1.807) is 0 Å². The highest BCUT2D eigenvalue weighted by Gasteiger charge is 2.31. The van der Waals surface area contributed by atoms with Crippen LogP contribution in [0.5, 0.6) is 0 Å². The Kier molecular flexibility index (Phi) is 5.26. The molecule has 0 radical (unpaired) electrons. The van der Waals surface area contributed by atoms with Gasteiger partial charge in [0.25, 0.3) is 0 Å². The predicted octanol–water partition coefficient (Wildman–Crippen LogP) is 1.95. The maximum atomic E-state index is 9.58. The van der Waals surface area contributed by atoms with Crippen LogP contribution >= 0.6 is 0 Å². The third kappa shape index (κ3) is 3.94. The van der Waals surface area contributed by atoms with Crippen LogP contribution in [0.1, 0.15) is 44.9 Å². The van der Waals surface area contributed by atoms with Crippen molar-refractivity contribution in [1.82, 2.24) is 5.32 Å². The Bertz CT molecular complexity index is 208. The molecule has 0 unspecified atom stereocenters. The van der Waals surface area contributed by atoms with Crippen molar-refractivity contribution >= 4 is 0 Å². The molecule has 0 atom stereocenters. The molecule has 2 aliphatic rings. The molecule has 3 heteroatoms. The largest absolute Gasteiger partial charge is 0.396 e. The molecule has 1 aliphatic carbocycles. The van der Waals surface area contributed by atoms with Crippen molar-refractivity contribution in [2.24, 2.45) is 11.3 Å². The van der Waals surface area contributed by atoms with Crippen molar-refractivity contribution in [3.8, 4) is 0 Å². The van der Waals surface area contributed by atoms with Crippen LogP contribution in [-0.4, -0.2) is 38.0 Å². The number of hydrogen-bond donors (Lipinski definition) is 2. The van der Waals surface area contributed by atoms with Gasteiger partial charge >= 0.3 is 0 Å². The van der Waals surface area contributed by atoms with E-state index in [1.165, 1.54) is 32.1 Å². The molecule has 2 fully saturated rings. The molecule has 0 bridgehead atoms. The second-order valence-electron chi connectivity index (χ2n) is 5.91. The van der Waals surface area contributed by atoms with Crippen LogP contribution in [0.3, 0.4) is 0 Å². The molecule has 0 aromatic heterocycles. The highest BCUT2D eigenvalue weighted by Crippen LogP contribution is 2.29. The third-order valence-electron chi connectivity index (χ3n) is 4.55. The lowest BCUT2D eigenvalue weighted by atomic mass is 9.80. The average Bonchev–Trinajstić information content (AvgIpc) is 2.41. The summed E-state index contributed by atoms with van der Waals surface area (Å²) < 4.78 is 5.38. The Morgan fingerprint density at radius 2 is 1.82 bits per heavy atom. The van der Waals surface area contributed by atoms with Crippen molar-refractivity contribution in [2.45, 2.75) is 44.9 Å². The van der Waals surface area contributed by atoms with Crippen molar-refractivity contribution in [3.63, 3.8) is 0 Å². The third-order valence-corrected chi connectivity index (χ3v) is 4.55. The van der Waals surface area contributed by atoms with E-state index in [4.69, 9.17) is 4.74 Å². The van der Waals surface area contributed by atoms with Gasteiger partial charge in [-0.05, 0) is 38.1 Å². The molecule has 1 heterocycles. The van der Waals surface area contributed by atoms with Gasteiger partial charge in [-0.15, -0.1) is 0 Å². The van der Waals surface area contributed by atoms with Crippen LogP contribution < -0.4 is 5.32 Å². The van der Waals surface area contributed by atoms with Crippen molar-refractivity contribution in [1.29, 1.82) is 0 Å². The van der Waals surface area contributed by atoms with Crippen LogP contribution in [0.4, 0.5) is 0 Å². The highest BCUT2D eigenvalue weighted by atomic mass is 16.5. The second-order valence-corrected chi connectivity index (χ2v) is 5.91. The topological polar surface area (TPSA) is 41.5 Å². The van der Waals surface area contributed by atoms with Gasteiger partial charge in [-0.2, -0.15) is 0 Å². The van der Waals surface area contributed by atoms with Gasteiger partial charge in [0.15, 0.2) is 0 Å². The summed E-state index contributed by atoms with van der Waals surface area (Å²) in [5, 5.41) is 13.2. The quantitative estimate of drug-likeness (QED) is 0.773. The van der Waals surface area contributed by atoms with Gasteiger partial charge in [0.05, 0.1) is 6.61 Å². The average molecular weight is 241 g/mol. The van der Waals surface area contributed by atoms with Crippen LogP contribution in [0.2, 0.25) is 0 Å². The Hall–Kier alpha value is -0.120. The summed E-state index contributed by atoms with van der Waals surface area (Å²) in [7, 11) is 0. The smallest absolute Gasteiger partial charge is 0.0501 e. The number of aliphatic hydroxyl groups excluding tert-OH is 1. The Labute approximate surface area is 105 Å². The number of aliphatic hydroxyl groups is 1. The monoisotopic (exact) mass is 241 g/mol. The number of hydrogen-bond acceptors (Lipinski definition) is 3. The van der Waals surface area contributed by atoms with Crippen molar-refractivity contribution < 1.29 is 9.84 Å². The lowest BCUT2D eigenvalue weighted by Gasteiger charge is -2.36. The van der Waals surface area contributed by atoms with Crippen molar-refractivity contribution in [3.05, 3.63) is 0 Å². The zero-order chi connectivity index (χ0) is 12.0. The Morgan fingerprint density at radius 3 is 2.47 bits per heavy atom. The number of ether oxygens (including phenoxy) is 1. The van der Waals surface area contributed by atoms with Gasteiger partial charge in [-0.1, -0.05) is 19.3 Å². The zero-order valence-corrected chi connectivity index (χ0v) is 10.9. The first-order chi connectivity index (χ1) is 8.35. The van der Waals surface area contributed by atoms with E-state index in [0.29, 0.717) is 6.61 Å². The van der Waals surface area contributed by atoms with Crippen LogP contribution in [0.15, 0.2) is 0 Å². The van der Waals surface area contributed by atoms with E-state index in [9.17, 15) is 5.11 Å². The molecular weight excluding hydrogens is 214 g/mol. The van der Waals surface area contributed by atoms with Crippen molar-refractivity contribution in [2.75, 3.05) is 32.9 Å². The summed E-state index contributed by atoms with van der Waals surface area (Å²) >= 11 is 0. The van der Waals surface area contributed by atoms with Gasteiger partial charge in [0.2, 0.25) is 0 Å².